The van der Waals surface area contributed by atoms with E-state index >= 15 is 0 Å². The highest BCUT2D eigenvalue weighted by molar-refractivity contribution is 7.90. The zero-order valence-electron chi connectivity index (χ0n) is 16.7. The molecule has 1 saturated heterocycles. The van der Waals surface area contributed by atoms with Gasteiger partial charge >= 0.3 is 15.5 Å². The van der Waals surface area contributed by atoms with Crippen molar-refractivity contribution in [3.05, 3.63) is 24.2 Å². The minimum atomic E-state index is -5.25. The van der Waals surface area contributed by atoms with Gasteiger partial charge in [-0.25, -0.2) is 8.42 Å². The third kappa shape index (κ3) is 6.91. The van der Waals surface area contributed by atoms with E-state index in [-0.39, 0.29) is 25.0 Å². The molecule has 0 bridgehead atoms. The average molecular weight is 439 g/mol. The van der Waals surface area contributed by atoms with Crippen LogP contribution in [0.15, 0.2) is 27.8 Å². The molecule has 166 valence electrons. The van der Waals surface area contributed by atoms with Gasteiger partial charge in [0.1, 0.15) is 5.76 Å². The maximum atomic E-state index is 12.7. The summed E-state index contributed by atoms with van der Waals surface area (Å²) in [6.07, 6.45) is 3.92. The lowest BCUT2D eigenvalue weighted by Crippen LogP contribution is -2.45. The van der Waals surface area contributed by atoms with Crippen molar-refractivity contribution < 1.29 is 26.0 Å². The van der Waals surface area contributed by atoms with Gasteiger partial charge in [-0.1, -0.05) is 6.92 Å². The van der Waals surface area contributed by atoms with E-state index in [4.69, 9.17) is 4.42 Å². The van der Waals surface area contributed by atoms with Crippen molar-refractivity contribution >= 4 is 16.0 Å². The summed E-state index contributed by atoms with van der Waals surface area (Å²) < 4.78 is 66.8. The topological polar surface area (TPSA) is 86.9 Å². The quantitative estimate of drug-likeness (QED) is 0.481. The van der Waals surface area contributed by atoms with Crippen molar-refractivity contribution in [2.45, 2.75) is 51.1 Å². The van der Waals surface area contributed by atoms with Gasteiger partial charge < -0.3 is 15.1 Å². The second kappa shape index (κ2) is 10.3. The molecule has 1 aromatic rings. The van der Waals surface area contributed by atoms with Gasteiger partial charge in [-0.3, -0.25) is 4.99 Å². The smallest absolute Gasteiger partial charge is 0.469 e. The molecule has 2 N–H and O–H groups in total. The molecular formula is C18H29F3N4O3S. The number of nitrogens with one attached hydrogen (secondary N) is 2. The normalized spacial score (nSPS) is 18.6. The van der Waals surface area contributed by atoms with Crippen LogP contribution >= 0.6 is 0 Å². The van der Waals surface area contributed by atoms with Crippen LogP contribution in [0.1, 0.15) is 38.9 Å². The summed E-state index contributed by atoms with van der Waals surface area (Å²) in [6.45, 7) is 4.85. The third-order valence-corrected chi connectivity index (χ3v) is 6.58. The van der Waals surface area contributed by atoms with Crippen molar-refractivity contribution in [1.82, 2.24) is 14.9 Å². The fourth-order valence-electron chi connectivity index (χ4n) is 2.95. The minimum absolute atomic E-state index is 0.0373. The lowest BCUT2D eigenvalue weighted by atomic mass is 9.98. The molecule has 2 heterocycles. The Morgan fingerprint density at radius 2 is 2.07 bits per heavy atom. The molecule has 1 aromatic heterocycles. The van der Waals surface area contributed by atoms with Crippen molar-refractivity contribution in [1.29, 1.82) is 0 Å². The van der Waals surface area contributed by atoms with Crippen molar-refractivity contribution in [2.24, 2.45) is 10.9 Å². The minimum Gasteiger partial charge on any atom is -0.469 e. The molecule has 1 fully saturated rings. The Labute approximate surface area is 169 Å². The van der Waals surface area contributed by atoms with Crippen molar-refractivity contribution in [2.75, 3.05) is 26.2 Å². The summed E-state index contributed by atoms with van der Waals surface area (Å²) >= 11 is 0. The number of piperidine rings is 1. The molecule has 0 saturated carbocycles. The van der Waals surface area contributed by atoms with Gasteiger partial charge in [0.05, 0.1) is 6.26 Å². The van der Waals surface area contributed by atoms with Gasteiger partial charge in [-0.15, -0.1) is 0 Å². The van der Waals surface area contributed by atoms with Crippen LogP contribution in [0.2, 0.25) is 0 Å². The maximum absolute atomic E-state index is 12.7. The van der Waals surface area contributed by atoms with E-state index in [9.17, 15) is 21.6 Å². The van der Waals surface area contributed by atoms with E-state index < -0.39 is 15.5 Å². The number of furan rings is 1. The largest absolute Gasteiger partial charge is 0.511 e. The number of alkyl halides is 3. The third-order valence-electron chi connectivity index (χ3n) is 4.95. The molecule has 0 spiro atoms. The molecule has 0 amide bonds. The highest BCUT2D eigenvalue weighted by Gasteiger charge is 2.50. The van der Waals surface area contributed by atoms with Gasteiger partial charge in [0.2, 0.25) is 0 Å². The lowest BCUT2D eigenvalue weighted by Gasteiger charge is -2.31. The van der Waals surface area contributed by atoms with E-state index in [1.165, 1.54) is 0 Å². The van der Waals surface area contributed by atoms with Crippen LogP contribution in [0.3, 0.4) is 0 Å². The number of nitrogens with zero attached hydrogens (tertiary/aromatic N) is 2. The number of sulfonamides is 1. The molecule has 1 unspecified atom stereocenters. The molecule has 1 aliphatic rings. The molecule has 0 aliphatic carbocycles. The Bertz CT molecular complexity index is 743. The van der Waals surface area contributed by atoms with Crippen LogP contribution in [0.25, 0.3) is 0 Å². The predicted molar refractivity (Wildman–Crippen MR) is 105 cm³/mol. The number of aliphatic imine (C=N–C) groups is 1. The first-order chi connectivity index (χ1) is 13.6. The second-order valence-electron chi connectivity index (χ2n) is 7.19. The Morgan fingerprint density at radius 3 is 2.62 bits per heavy atom. The molecule has 11 heteroatoms. The Morgan fingerprint density at radius 1 is 1.38 bits per heavy atom. The first kappa shape index (κ1) is 23.5. The lowest BCUT2D eigenvalue weighted by molar-refractivity contribution is -0.0496. The van der Waals surface area contributed by atoms with E-state index in [0.717, 1.165) is 12.2 Å². The summed E-state index contributed by atoms with van der Waals surface area (Å²) in [5, 5.41) is 6.53. The monoisotopic (exact) mass is 438 g/mol. The van der Waals surface area contributed by atoms with Gasteiger partial charge in [0.25, 0.3) is 0 Å². The molecule has 7 nitrogen and oxygen atoms in total. The van der Waals surface area contributed by atoms with Crippen molar-refractivity contribution in [3.8, 4) is 0 Å². The van der Waals surface area contributed by atoms with E-state index in [1.54, 1.807) is 6.26 Å². The highest BCUT2D eigenvalue weighted by atomic mass is 32.2. The van der Waals surface area contributed by atoms with Crippen LogP contribution in [-0.4, -0.2) is 56.4 Å². The van der Waals surface area contributed by atoms with Gasteiger partial charge in [0.15, 0.2) is 5.96 Å². The maximum Gasteiger partial charge on any atom is 0.511 e. The van der Waals surface area contributed by atoms with Gasteiger partial charge in [-0.2, -0.15) is 17.5 Å². The van der Waals surface area contributed by atoms with Crippen LogP contribution in [0.5, 0.6) is 0 Å². The molecular weight excluding hydrogens is 409 g/mol. The molecule has 0 aromatic carbocycles. The Kier molecular flexibility index (Phi) is 8.38. The fraction of sp³-hybridized carbons (Fsp3) is 0.722. The molecule has 2 rings (SSSR count). The number of guanidine groups is 1. The Balaban J connectivity index is 1.87. The number of rotatable bonds is 8. The molecule has 0 radical (unpaired) electrons. The number of hydrogen-bond acceptors (Lipinski definition) is 4. The zero-order valence-corrected chi connectivity index (χ0v) is 17.5. The fourth-order valence-corrected chi connectivity index (χ4v) is 3.93. The van der Waals surface area contributed by atoms with Crippen molar-refractivity contribution in [3.63, 3.8) is 0 Å². The van der Waals surface area contributed by atoms with Gasteiger partial charge in [-0.05, 0) is 44.2 Å². The summed E-state index contributed by atoms with van der Waals surface area (Å²) in [5.41, 5.74) is -5.25. The van der Waals surface area contributed by atoms with E-state index in [0.29, 0.717) is 42.6 Å². The SMILES string of the molecule is CCC(C)NC(=NCC1CCN(S(=O)(=O)C(F)(F)F)CC1)NCCc1ccco1. The first-order valence-corrected chi connectivity index (χ1v) is 11.2. The summed E-state index contributed by atoms with van der Waals surface area (Å²) in [6, 6.07) is 3.93. The van der Waals surface area contributed by atoms with Crippen LogP contribution in [-0.2, 0) is 16.4 Å². The van der Waals surface area contributed by atoms with Crippen LogP contribution in [0.4, 0.5) is 13.2 Å². The summed E-state index contributed by atoms with van der Waals surface area (Å²) in [7, 11) is -5.24. The summed E-state index contributed by atoms with van der Waals surface area (Å²) in [4.78, 5) is 4.56. The van der Waals surface area contributed by atoms with Crippen LogP contribution < -0.4 is 10.6 Å². The molecule has 1 atom stereocenters. The summed E-state index contributed by atoms with van der Waals surface area (Å²) in [5.74, 6) is 1.53. The first-order valence-electron chi connectivity index (χ1n) is 9.77. The standard InChI is InChI=1S/C18H29F3N4O3S/c1-3-14(2)24-17(22-9-6-16-5-4-12-28-16)23-13-15-7-10-25(11-8-15)29(26,27)18(19,20)21/h4-5,12,14-15H,3,6-11,13H2,1-2H3,(H2,22,23,24). The van der Waals surface area contributed by atoms with Gasteiger partial charge in [0, 0.05) is 38.6 Å². The number of halogens is 3. The molecule has 1 aliphatic heterocycles. The van der Waals surface area contributed by atoms with E-state index in [1.807, 2.05) is 19.1 Å². The van der Waals surface area contributed by atoms with E-state index in [2.05, 4.69) is 22.5 Å². The second-order valence-corrected chi connectivity index (χ2v) is 9.12. The van der Waals surface area contributed by atoms with Crippen LogP contribution in [0, 0.1) is 5.92 Å². The average Bonchev–Trinajstić information content (AvgIpc) is 3.18. The predicted octanol–water partition coefficient (Wildman–Crippen LogP) is 2.72. The number of hydrogen-bond donors (Lipinski definition) is 2. The molecule has 29 heavy (non-hydrogen) atoms. The Hall–Kier alpha value is -1.75. The zero-order chi connectivity index (χ0) is 21.5. The highest BCUT2D eigenvalue weighted by Crippen LogP contribution is 2.30.